The Bertz CT molecular complexity index is 1040. The molecule has 0 radical (unpaired) electrons. The van der Waals surface area contributed by atoms with Crippen LogP contribution in [-0.2, 0) is 14.5 Å². The monoisotopic (exact) mass is 481 g/mol. The third-order valence-corrected chi connectivity index (χ3v) is 6.58. The van der Waals surface area contributed by atoms with Crippen LogP contribution >= 0.6 is 42.3 Å². The fourth-order valence-corrected chi connectivity index (χ4v) is 4.85. The van der Waals surface area contributed by atoms with Crippen molar-refractivity contribution in [3.8, 4) is 11.4 Å². The molecular formula is C17H13Cl3F2N3O3P. The molecule has 1 unspecified atom stereocenters. The first-order valence-corrected chi connectivity index (χ1v) is 10.9. The Morgan fingerprint density at radius 2 is 1.79 bits per heavy atom. The standard InChI is InChI=1S/C17H13Cl3F2N3O3P/c1-2-27-29(26,25-14-12(18)4-3-5-13(14)19)11-8-6-10(7-9-11)15-23-16(28-24-15)17(20,21)22/h3-9H,2H2,1H3,(H,25,26). The summed E-state index contributed by atoms with van der Waals surface area (Å²) in [4.78, 5) is 3.56. The Labute approximate surface area is 179 Å². The van der Waals surface area contributed by atoms with Crippen molar-refractivity contribution in [1.82, 2.24) is 10.1 Å². The van der Waals surface area contributed by atoms with Crippen LogP contribution in [0, 0.1) is 0 Å². The minimum absolute atomic E-state index is 0.0970. The number of hydrogen-bond donors (Lipinski definition) is 1. The molecule has 0 fully saturated rings. The van der Waals surface area contributed by atoms with Gasteiger partial charge in [0.1, 0.15) is 0 Å². The van der Waals surface area contributed by atoms with Gasteiger partial charge >= 0.3 is 18.8 Å². The first-order valence-electron chi connectivity index (χ1n) is 8.13. The van der Waals surface area contributed by atoms with Gasteiger partial charge in [-0.25, -0.2) is 0 Å². The van der Waals surface area contributed by atoms with Gasteiger partial charge in [-0.15, -0.1) is 0 Å². The lowest BCUT2D eigenvalue weighted by molar-refractivity contribution is 0.0551. The quantitative estimate of drug-likeness (QED) is 0.315. The van der Waals surface area contributed by atoms with Crippen LogP contribution < -0.4 is 10.4 Å². The molecule has 6 nitrogen and oxygen atoms in total. The Hall–Kier alpha value is -1.70. The zero-order valence-electron chi connectivity index (χ0n) is 14.7. The fourth-order valence-electron chi connectivity index (χ4n) is 2.37. The molecule has 0 spiro atoms. The van der Waals surface area contributed by atoms with Gasteiger partial charge in [0.05, 0.1) is 27.6 Å². The molecule has 0 saturated carbocycles. The van der Waals surface area contributed by atoms with Crippen LogP contribution in [0.1, 0.15) is 12.8 Å². The second-order valence-electron chi connectivity index (χ2n) is 5.65. The predicted molar refractivity (Wildman–Crippen MR) is 108 cm³/mol. The maximum absolute atomic E-state index is 13.5. The molecule has 154 valence electrons. The third kappa shape index (κ3) is 4.90. The van der Waals surface area contributed by atoms with Crippen LogP contribution in [0.4, 0.5) is 14.5 Å². The van der Waals surface area contributed by atoms with E-state index in [-0.39, 0.29) is 28.2 Å². The molecule has 1 N–H and O–H groups in total. The maximum atomic E-state index is 13.5. The van der Waals surface area contributed by atoms with Gasteiger partial charge in [0.2, 0.25) is 5.82 Å². The van der Waals surface area contributed by atoms with Crippen LogP contribution in [0.25, 0.3) is 11.4 Å². The largest absolute Gasteiger partial charge is 0.400 e. The van der Waals surface area contributed by atoms with Gasteiger partial charge in [0.25, 0.3) is 0 Å². The van der Waals surface area contributed by atoms with E-state index in [9.17, 15) is 13.3 Å². The number of nitrogens with one attached hydrogen (secondary N) is 1. The number of para-hydroxylation sites is 1. The van der Waals surface area contributed by atoms with Gasteiger partial charge in [-0.1, -0.05) is 46.6 Å². The van der Waals surface area contributed by atoms with Crippen LogP contribution in [0.15, 0.2) is 47.0 Å². The summed E-state index contributed by atoms with van der Waals surface area (Å²) >= 11 is 17.2. The summed E-state index contributed by atoms with van der Waals surface area (Å²) in [6, 6.07) is 10.8. The van der Waals surface area contributed by atoms with E-state index in [0.29, 0.717) is 10.9 Å². The van der Waals surface area contributed by atoms with Crippen molar-refractivity contribution in [3.05, 3.63) is 58.4 Å². The Morgan fingerprint density at radius 1 is 1.17 bits per heavy atom. The van der Waals surface area contributed by atoms with Gasteiger partial charge in [-0.3, -0.25) is 4.57 Å². The third-order valence-electron chi connectivity index (χ3n) is 3.67. The molecule has 1 atom stereocenters. The van der Waals surface area contributed by atoms with Crippen molar-refractivity contribution in [3.63, 3.8) is 0 Å². The van der Waals surface area contributed by atoms with Crippen molar-refractivity contribution >= 4 is 53.3 Å². The zero-order valence-corrected chi connectivity index (χ0v) is 17.9. The Balaban J connectivity index is 1.92. The second-order valence-corrected chi connectivity index (χ2v) is 9.04. The first kappa shape index (κ1) is 22.0. The zero-order chi connectivity index (χ0) is 21.2. The van der Waals surface area contributed by atoms with Crippen LogP contribution in [0.2, 0.25) is 10.0 Å². The van der Waals surface area contributed by atoms with Gasteiger partial charge in [0.15, 0.2) is 0 Å². The summed E-state index contributed by atoms with van der Waals surface area (Å²) in [6.07, 6.45) is 0. The van der Waals surface area contributed by atoms with E-state index in [4.69, 9.17) is 39.3 Å². The number of alkyl halides is 3. The molecule has 3 rings (SSSR count). The normalized spacial score (nSPS) is 13.9. The summed E-state index contributed by atoms with van der Waals surface area (Å²) in [6.45, 7) is 1.83. The van der Waals surface area contributed by atoms with E-state index in [1.807, 2.05) is 0 Å². The van der Waals surface area contributed by atoms with Gasteiger partial charge in [0, 0.05) is 5.56 Å². The molecular weight excluding hydrogens is 470 g/mol. The highest BCUT2D eigenvalue weighted by Crippen LogP contribution is 2.49. The predicted octanol–water partition coefficient (Wildman–Crippen LogP) is 6.30. The summed E-state index contributed by atoms with van der Waals surface area (Å²) in [7, 11) is -3.60. The SMILES string of the molecule is CCOP(=O)(Nc1c(Cl)cccc1Cl)c1ccc(-c2noc(C(F)(F)Cl)n2)cc1. The number of nitrogens with zero attached hydrogens (tertiary/aromatic N) is 2. The smallest absolute Gasteiger partial charge is 0.331 e. The van der Waals surface area contributed by atoms with E-state index in [1.165, 1.54) is 24.3 Å². The molecule has 0 amide bonds. The van der Waals surface area contributed by atoms with Crippen molar-refractivity contribution in [2.75, 3.05) is 11.7 Å². The van der Waals surface area contributed by atoms with Gasteiger partial charge < -0.3 is 14.1 Å². The topological polar surface area (TPSA) is 77.2 Å². The average molecular weight is 483 g/mol. The molecule has 0 aliphatic heterocycles. The maximum Gasteiger partial charge on any atom is 0.400 e. The van der Waals surface area contributed by atoms with Crippen LogP contribution in [0.5, 0.6) is 0 Å². The van der Waals surface area contributed by atoms with Crippen molar-refractivity contribution in [1.29, 1.82) is 0 Å². The molecule has 0 saturated heterocycles. The highest BCUT2D eigenvalue weighted by atomic mass is 35.5. The minimum Gasteiger partial charge on any atom is -0.331 e. The summed E-state index contributed by atoms with van der Waals surface area (Å²) in [5.74, 6) is -1.12. The van der Waals surface area contributed by atoms with Gasteiger partial charge in [-0.05, 0) is 42.8 Å². The molecule has 0 aliphatic carbocycles. The molecule has 1 aromatic heterocycles. The lowest BCUT2D eigenvalue weighted by Crippen LogP contribution is -2.15. The molecule has 0 bridgehead atoms. The molecule has 12 heteroatoms. The molecule has 3 aromatic rings. The van der Waals surface area contributed by atoms with E-state index >= 15 is 0 Å². The number of anilines is 1. The minimum atomic E-state index is -3.77. The van der Waals surface area contributed by atoms with E-state index in [1.54, 1.807) is 25.1 Å². The van der Waals surface area contributed by atoms with E-state index in [0.717, 1.165) is 0 Å². The van der Waals surface area contributed by atoms with Gasteiger partial charge in [-0.2, -0.15) is 13.8 Å². The number of aromatic nitrogens is 2. The Kier molecular flexibility index (Phi) is 6.51. The first-order chi connectivity index (χ1) is 13.6. The summed E-state index contributed by atoms with van der Waals surface area (Å²) < 4.78 is 49.5. The van der Waals surface area contributed by atoms with Crippen molar-refractivity contribution in [2.24, 2.45) is 0 Å². The highest BCUT2D eigenvalue weighted by Gasteiger charge is 2.36. The summed E-state index contributed by atoms with van der Waals surface area (Å²) in [5.41, 5.74) is 0.618. The van der Waals surface area contributed by atoms with Crippen LogP contribution in [-0.4, -0.2) is 16.7 Å². The lowest BCUT2D eigenvalue weighted by atomic mass is 10.2. The molecule has 1 heterocycles. The number of benzene rings is 2. The molecule has 29 heavy (non-hydrogen) atoms. The number of rotatable bonds is 7. The van der Waals surface area contributed by atoms with Crippen molar-refractivity contribution in [2.45, 2.75) is 12.3 Å². The molecule has 2 aromatic carbocycles. The van der Waals surface area contributed by atoms with E-state index < -0.39 is 18.8 Å². The van der Waals surface area contributed by atoms with Crippen LogP contribution in [0.3, 0.4) is 0 Å². The molecule has 0 aliphatic rings. The number of hydrogen-bond acceptors (Lipinski definition) is 5. The van der Waals surface area contributed by atoms with Crippen molar-refractivity contribution < 1.29 is 22.4 Å². The number of halogens is 5. The lowest BCUT2D eigenvalue weighted by Gasteiger charge is -2.21. The summed E-state index contributed by atoms with van der Waals surface area (Å²) in [5, 5.41) is 3.34. The van der Waals surface area contributed by atoms with E-state index in [2.05, 4.69) is 19.8 Å². The Morgan fingerprint density at radius 3 is 2.31 bits per heavy atom. The fraction of sp³-hybridized carbons (Fsp3) is 0.176. The second kappa shape index (κ2) is 8.58. The highest BCUT2D eigenvalue weighted by molar-refractivity contribution is 7.68. The average Bonchev–Trinajstić information content (AvgIpc) is 3.16.